The maximum Gasteiger partial charge on any atom is 0.291 e. The molecule has 2 N–H and O–H groups in total. The molecule has 1 aliphatic carbocycles. The summed E-state index contributed by atoms with van der Waals surface area (Å²) in [6.45, 7) is 6.12. The summed E-state index contributed by atoms with van der Waals surface area (Å²) in [5.41, 5.74) is 7.36. The molecule has 0 fully saturated rings. The first-order valence-electron chi connectivity index (χ1n) is 11.0. The van der Waals surface area contributed by atoms with Gasteiger partial charge in [0, 0.05) is 33.3 Å². The van der Waals surface area contributed by atoms with Gasteiger partial charge in [-0.15, -0.1) is 0 Å². The van der Waals surface area contributed by atoms with Gasteiger partial charge in [0.2, 0.25) is 0 Å². The second-order valence-corrected chi connectivity index (χ2v) is 9.36. The van der Waals surface area contributed by atoms with Gasteiger partial charge in [0.25, 0.3) is 11.8 Å². The molecule has 2 aromatic carbocycles. The summed E-state index contributed by atoms with van der Waals surface area (Å²) in [5, 5.41) is 7.30. The Bertz CT molecular complexity index is 1210. The van der Waals surface area contributed by atoms with Gasteiger partial charge < -0.3 is 9.73 Å². The molecule has 0 saturated heterocycles. The molecule has 1 aliphatic rings. The van der Waals surface area contributed by atoms with E-state index in [-0.39, 0.29) is 17.6 Å². The number of hydrazone groups is 1. The third kappa shape index (κ3) is 5.09. The predicted octanol–water partition coefficient (Wildman–Crippen LogP) is 6.20. The molecule has 4 rings (SSSR count). The molecule has 0 aliphatic heterocycles. The third-order valence-corrected chi connectivity index (χ3v) is 6.29. The van der Waals surface area contributed by atoms with E-state index in [1.807, 2.05) is 43.3 Å². The van der Waals surface area contributed by atoms with Crippen LogP contribution in [0.4, 0.5) is 5.69 Å². The zero-order valence-corrected chi connectivity index (χ0v) is 20.5. The predicted molar refractivity (Wildman–Crippen MR) is 133 cm³/mol. The normalized spacial score (nSPS) is 14.3. The van der Waals surface area contributed by atoms with E-state index < -0.39 is 0 Å². The molecule has 7 heteroatoms. The Balaban J connectivity index is 1.53. The van der Waals surface area contributed by atoms with Gasteiger partial charge in [-0.1, -0.05) is 41.9 Å². The summed E-state index contributed by atoms with van der Waals surface area (Å²) in [7, 11) is 0. The van der Waals surface area contributed by atoms with Crippen molar-refractivity contribution in [2.24, 2.45) is 5.10 Å². The highest BCUT2D eigenvalue weighted by atomic mass is 79.9. The van der Waals surface area contributed by atoms with Crippen LogP contribution in [-0.2, 0) is 6.42 Å². The molecule has 0 spiro atoms. The summed E-state index contributed by atoms with van der Waals surface area (Å²) < 4.78 is 6.86. The van der Waals surface area contributed by atoms with Crippen molar-refractivity contribution in [3.8, 4) is 0 Å². The van der Waals surface area contributed by atoms with Crippen molar-refractivity contribution in [1.29, 1.82) is 0 Å². The number of fused-ring (bicyclic) bond motifs is 1. The number of carbonyl (C=O) groups excluding carboxylic acids is 2. The highest BCUT2D eigenvalue weighted by molar-refractivity contribution is 9.10. The lowest BCUT2D eigenvalue weighted by molar-refractivity contribution is 0.0953. The van der Waals surface area contributed by atoms with E-state index in [9.17, 15) is 9.59 Å². The zero-order valence-electron chi connectivity index (χ0n) is 18.9. The zero-order chi connectivity index (χ0) is 23.5. The fourth-order valence-corrected chi connectivity index (χ4v) is 4.18. The molecule has 2 amide bonds. The standard InChI is InChI=1S/C26H26BrN3O3/c1-15(2)17-9-13-20(14-10-17)28-26(32)24-16(3)23-21(5-4-6-22(23)33-24)29-30-25(31)18-7-11-19(27)12-8-18/h7-15H,4-6H2,1-3H3,(H,28,32)(H,30,31)/b29-21+. The molecule has 6 nitrogen and oxygen atoms in total. The van der Waals surface area contributed by atoms with Gasteiger partial charge >= 0.3 is 0 Å². The highest BCUT2D eigenvalue weighted by Crippen LogP contribution is 2.30. The SMILES string of the molecule is Cc1c(C(=O)Nc2ccc(C(C)C)cc2)oc2c1/C(=N/NC(=O)c1ccc(Br)cc1)CCC2. The topological polar surface area (TPSA) is 83.7 Å². The molecule has 0 bridgehead atoms. The van der Waals surface area contributed by atoms with Crippen molar-refractivity contribution in [3.05, 3.63) is 86.8 Å². The minimum Gasteiger partial charge on any atom is -0.455 e. The lowest BCUT2D eigenvalue weighted by Crippen LogP contribution is -2.22. The molecule has 0 atom stereocenters. The monoisotopic (exact) mass is 507 g/mol. The molecule has 1 heterocycles. The van der Waals surface area contributed by atoms with Crippen LogP contribution < -0.4 is 10.7 Å². The molecule has 3 aromatic rings. The number of carbonyl (C=O) groups is 2. The lowest BCUT2D eigenvalue weighted by Gasteiger charge is -2.13. The molecule has 170 valence electrons. The lowest BCUT2D eigenvalue weighted by atomic mass is 9.93. The molecular formula is C26H26BrN3O3. The summed E-state index contributed by atoms with van der Waals surface area (Å²) in [4.78, 5) is 25.4. The van der Waals surface area contributed by atoms with Gasteiger partial charge in [-0.25, -0.2) is 5.43 Å². The van der Waals surface area contributed by atoms with Crippen LogP contribution in [-0.4, -0.2) is 17.5 Å². The van der Waals surface area contributed by atoms with Crippen LogP contribution in [0.25, 0.3) is 0 Å². The maximum atomic E-state index is 12.9. The summed E-state index contributed by atoms with van der Waals surface area (Å²) in [5.74, 6) is 0.858. The Hall–Kier alpha value is -3.19. The number of nitrogens with zero attached hydrogens (tertiary/aromatic N) is 1. The van der Waals surface area contributed by atoms with E-state index in [0.717, 1.165) is 39.9 Å². The quantitative estimate of drug-likeness (QED) is 0.403. The number of halogens is 1. The van der Waals surface area contributed by atoms with Gasteiger partial charge in [0.05, 0.1) is 5.71 Å². The second kappa shape index (κ2) is 9.75. The molecule has 1 aromatic heterocycles. The van der Waals surface area contributed by atoms with E-state index >= 15 is 0 Å². The van der Waals surface area contributed by atoms with Gasteiger partial charge in [-0.2, -0.15) is 5.10 Å². The van der Waals surface area contributed by atoms with Crippen molar-refractivity contribution in [1.82, 2.24) is 5.43 Å². The first-order chi connectivity index (χ1) is 15.8. The van der Waals surface area contributed by atoms with E-state index in [0.29, 0.717) is 23.6 Å². The molecule has 0 saturated carbocycles. The Morgan fingerprint density at radius 1 is 1.00 bits per heavy atom. The van der Waals surface area contributed by atoms with E-state index in [1.165, 1.54) is 5.56 Å². The smallest absolute Gasteiger partial charge is 0.291 e. The summed E-state index contributed by atoms with van der Waals surface area (Å²) >= 11 is 3.36. The van der Waals surface area contributed by atoms with E-state index in [4.69, 9.17) is 4.42 Å². The number of aryl methyl sites for hydroxylation is 1. The van der Waals surface area contributed by atoms with Crippen LogP contribution in [0.15, 0.2) is 62.5 Å². The minimum absolute atomic E-state index is 0.279. The van der Waals surface area contributed by atoms with Crippen LogP contribution in [0.1, 0.15) is 76.0 Å². The molecule has 0 unspecified atom stereocenters. The minimum atomic E-state index is -0.294. The fourth-order valence-electron chi connectivity index (χ4n) is 3.92. The van der Waals surface area contributed by atoms with Crippen molar-refractivity contribution in [2.45, 2.75) is 46.0 Å². The van der Waals surface area contributed by atoms with Gasteiger partial charge in [-0.3, -0.25) is 9.59 Å². The van der Waals surface area contributed by atoms with Crippen LogP contribution in [0.3, 0.4) is 0 Å². The Morgan fingerprint density at radius 2 is 1.70 bits per heavy atom. The Labute approximate surface area is 201 Å². The second-order valence-electron chi connectivity index (χ2n) is 8.45. The number of hydrogen-bond donors (Lipinski definition) is 2. The number of anilines is 1. The van der Waals surface area contributed by atoms with Gasteiger partial charge in [-0.05, 0) is 67.6 Å². The molecule has 33 heavy (non-hydrogen) atoms. The number of nitrogens with one attached hydrogen (secondary N) is 2. The average Bonchev–Trinajstić information content (AvgIpc) is 3.15. The van der Waals surface area contributed by atoms with Gasteiger partial charge in [0.15, 0.2) is 5.76 Å². The van der Waals surface area contributed by atoms with Crippen molar-refractivity contribution in [3.63, 3.8) is 0 Å². The van der Waals surface area contributed by atoms with Crippen LogP contribution >= 0.6 is 15.9 Å². The van der Waals surface area contributed by atoms with Gasteiger partial charge in [0.1, 0.15) is 5.76 Å². The van der Waals surface area contributed by atoms with Crippen LogP contribution in [0, 0.1) is 6.92 Å². The number of rotatable bonds is 5. The molecular weight excluding hydrogens is 482 g/mol. The number of hydrogen-bond acceptors (Lipinski definition) is 4. The van der Waals surface area contributed by atoms with E-state index in [1.54, 1.807) is 12.1 Å². The summed E-state index contributed by atoms with van der Waals surface area (Å²) in [6, 6.07) is 14.9. The summed E-state index contributed by atoms with van der Waals surface area (Å²) in [6.07, 6.45) is 2.27. The number of benzene rings is 2. The third-order valence-electron chi connectivity index (χ3n) is 5.77. The van der Waals surface area contributed by atoms with E-state index in [2.05, 4.69) is 45.6 Å². The Morgan fingerprint density at radius 3 is 2.36 bits per heavy atom. The van der Waals surface area contributed by atoms with Crippen molar-refractivity contribution < 1.29 is 14.0 Å². The Kier molecular flexibility index (Phi) is 6.79. The first-order valence-corrected chi connectivity index (χ1v) is 11.8. The highest BCUT2D eigenvalue weighted by Gasteiger charge is 2.28. The largest absolute Gasteiger partial charge is 0.455 e. The van der Waals surface area contributed by atoms with Crippen LogP contribution in [0.5, 0.6) is 0 Å². The molecule has 0 radical (unpaired) electrons. The van der Waals surface area contributed by atoms with Crippen molar-refractivity contribution >= 4 is 39.1 Å². The van der Waals surface area contributed by atoms with Crippen molar-refractivity contribution in [2.75, 3.05) is 5.32 Å². The number of furan rings is 1. The number of amides is 2. The average molecular weight is 508 g/mol. The van der Waals surface area contributed by atoms with Crippen LogP contribution in [0.2, 0.25) is 0 Å². The first kappa shape index (κ1) is 23.0. The fraction of sp³-hybridized carbons (Fsp3) is 0.269. The maximum absolute atomic E-state index is 12.9.